The van der Waals surface area contributed by atoms with Crippen molar-refractivity contribution in [3.05, 3.63) is 145 Å². The molecule has 2 fully saturated rings. The summed E-state index contributed by atoms with van der Waals surface area (Å²) in [6.45, 7) is 24.8. The molecule has 3 atom stereocenters. The molecule has 10 aromatic rings. The Hall–Kier alpha value is -8.80. The Morgan fingerprint density at radius 1 is 0.385 bits per heavy atom. The number of aryl methyl sites for hydroxylation is 1. The van der Waals surface area contributed by atoms with E-state index in [0.717, 1.165) is 248 Å². The highest BCUT2D eigenvalue weighted by atomic mass is 16.5. The third-order valence-electron chi connectivity index (χ3n) is 22.5. The van der Waals surface area contributed by atoms with Gasteiger partial charge >= 0.3 is 0 Å². The first kappa shape index (κ1) is 87.5. The van der Waals surface area contributed by atoms with Crippen molar-refractivity contribution in [1.82, 2.24) is 88.0 Å². The minimum atomic E-state index is 0.573. The summed E-state index contributed by atoms with van der Waals surface area (Å²) in [6.07, 6.45) is 9.99. The Kier molecular flexibility index (Phi) is 33.1. The van der Waals surface area contributed by atoms with Crippen molar-refractivity contribution in [1.29, 1.82) is 0 Å². The maximum absolute atomic E-state index is 6.12. The van der Waals surface area contributed by atoms with Crippen molar-refractivity contribution >= 4 is 67.9 Å². The third kappa shape index (κ3) is 26.9. The van der Waals surface area contributed by atoms with Crippen LogP contribution in [0.1, 0.15) is 68.9 Å². The number of imidazole rings is 4. The SMILES string of the molecule is CN(C)CC1CNc2nc3ccc(OCCCNC4CCN(Cc5ccccc5)CC4)cc3n2C1.CN(C)CC1CNc2nc3ccc(OCCCNC4CCN(Cc5ccccc5)CC4)cc3n2C1.CN(C)CCCOc1ccc2nc(N)n(CCCN(C)C)c2c1.CN(C)CCCOc1ccc2nc3n(c2c1)CC(CN(C)C)CN3. The van der Waals surface area contributed by atoms with E-state index in [2.05, 4.69) is 283 Å². The summed E-state index contributed by atoms with van der Waals surface area (Å²) in [6, 6.07) is 47.6. The van der Waals surface area contributed by atoms with Crippen LogP contribution in [0.2, 0.25) is 0 Å². The lowest BCUT2D eigenvalue weighted by atomic mass is 10.0. The van der Waals surface area contributed by atoms with Crippen molar-refractivity contribution < 1.29 is 18.9 Å². The molecule has 2 saturated heterocycles. The lowest BCUT2D eigenvalue weighted by Gasteiger charge is -2.32. The molecule has 15 rings (SSSR count). The quantitative estimate of drug-likeness (QED) is 0.0201. The fraction of sp³-hybridized carbons (Fsp3) is 0.560. The van der Waals surface area contributed by atoms with E-state index in [1.807, 2.05) is 24.3 Å². The number of ether oxygens (including phenoxy) is 4. The molecule has 0 radical (unpaired) electrons. The molecule has 0 bridgehead atoms. The normalized spacial score (nSPS) is 17.3. The Morgan fingerprint density at radius 2 is 0.709 bits per heavy atom. The van der Waals surface area contributed by atoms with Crippen LogP contribution >= 0.6 is 0 Å². The van der Waals surface area contributed by atoms with E-state index >= 15 is 0 Å². The highest BCUT2D eigenvalue weighted by Gasteiger charge is 2.27. The Bertz CT molecular complexity index is 4410. The van der Waals surface area contributed by atoms with Crippen LogP contribution < -0.4 is 51.3 Å². The largest absolute Gasteiger partial charge is 0.493 e. The first-order chi connectivity index (χ1) is 56.8. The molecule has 0 amide bonds. The minimum Gasteiger partial charge on any atom is -0.493 e. The van der Waals surface area contributed by atoms with Gasteiger partial charge in [-0.05, 0) is 248 Å². The fourth-order valence-corrected chi connectivity index (χ4v) is 16.7. The minimum absolute atomic E-state index is 0.573. The summed E-state index contributed by atoms with van der Waals surface area (Å²) in [5.41, 5.74) is 17.4. The standard InChI is InChI=1S/2C28H40N6O.C18H29N5O.C17H29N5O/c2*1-32(2)19-23-18-30-28-31-26-10-9-25(17-27(26)34(28)21-23)35-16-6-13-29-24-11-14-33(15-12-24)20-22-7-4-3-5-8-22;1-21(2)8-5-9-24-15-6-7-16-17(10-15)23-13-14(12-22(3)4)11-19-18(23)20-16;1-20(2)9-5-11-22-16-13-14(23-12-6-10-21(3)4)7-8-15(16)19-17(22)18/h2*3-5,7-10,17,23-24,29H,6,11-16,18-21H2,1-2H3,(H,30,31);6-7,10,14H,5,8-9,11-13H2,1-4H3,(H,19,20);7-8,13H,5-6,9-12H2,1-4H3,(H2,18,19). The van der Waals surface area contributed by atoms with Gasteiger partial charge in [0.25, 0.3) is 0 Å². The predicted molar refractivity (Wildman–Crippen MR) is 481 cm³/mol. The molecule has 9 heterocycles. The summed E-state index contributed by atoms with van der Waals surface area (Å²) in [5.74, 6) is 8.93. The van der Waals surface area contributed by atoms with Gasteiger partial charge in [0.2, 0.25) is 23.8 Å². The number of likely N-dealkylation sites (tertiary alicyclic amines) is 2. The second-order valence-electron chi connectivity index (χ2n) is 34.4. The van der Waals surface area contributed by atoms with Crippen LogP contribution in [0.4, 0.5) is 23.8 Å². The molecule has 6 aromatic carbocycles. The van der Waals surface area contributed by atoms with E-state index in [9.17, 15) is 0 Å². The number of nitrogen functional groups attached to an aromatic ring is 1. The van der Waals surface area contributed by atoms with E-state index in [1.165, 1.54) is 63.0 Å². The Labute approximate surface area is 696 Å². The number of hydrogen-bond acceptors (Lipinski definition) is 22. The van der Waals surface area contributed by atoms with Crippen LogP contribution in [0.25, 0.3) is 44.1 Å². The van der Waals surface area contributed by atoms with E-state index in [0.29, 0.717) is 42.4 Å². The number of nitrogens with one attached hydrogen (secondary N) is 5. The van der Waals surface area contributed by atoms with Gasteiger partial charge in [-0.1, -0.05) is 60.7 Å². The van der Waals surface area contributed by atoms with Gasteiger partial charge < -0.3 is 98.9 Å². The van der Waals surface area contributed by atoms with Gasteiger partial charge in [0.1, 0.15) is 23.0 Å². The number of nitrogens with zero attached hydrogens (tertiary/aromatic N) is 16. The summed E-state index contributed by atoms with van der Waals surface area (Å²) in [4.78, 5) is 37.1. The zero-order valence-corrected chi connectivity index (χ0v) is 72.5. The van der Waals surface area contributed by atoms with Gasteiger partial charge in [-0.3, -0.25) is 9.80 Å². The van der Waals surface area contributed by atoms with E-state index in [-0.39, 0.29) is 0 Å². The molecule has 3 unspecified atom stereocenters. The number of piperidine rings is 2. The van der Waals surface area contributed by atoms with E-state index < -0.39 is 0 Å². The van der Waals surface area contributed by atoms with E-state index in [4.69, 9.17) is 39.6 Å². The summed E-state index contributed by atoms with van der Waals surface area (Å²) < 4.78 is 33.0. The maximum atomic E-state index is 6.12. The molecular weight excluding hydrogens is 1470 g/mol. The topological polar surface area (TPSA) is 220 Å². The highest BCUT2D eigenvalue weighted by molar-refractivity contribution is 5.83. The second kappa shape index (κ2) is 44.3. The van der Waals surface area contributed by atoms with Crippen LogP contribution in [0.15, 0.2) is 133 Å². The van der Waals surface area contributed by atoms with Crippen molar-refractivity contribution in [3.63, 3.8) is 0 Å². The number of rotatable bonds is 36. The van der Waals surface area contributed by atoms with Crippen LogP contribution in [-0.4, -0.2) is 299 Å². The van der Waals surface area contributed by atoms with Gasteiger partial charge in [0.05, 0.1) is 70.6 Å². The number of fused-ring (bicyclic) bond motifs is 10. The molecule has 5 aliphatic rings. The summed E-state index contributed by atoms with van der Waals surface area (Å²) in [5, 5.41) is 18.0. The van der Waals surface area contributed by atoms with Crippen LogP contribution in [-0.2, 0) is 39.3 Å². The number of anilines is 4. The molecule has 0 aliphatic carbocycles. The predicted octanol–water partition coefficient (Wildman–Crippen LogP) is 11.2. The van der Waals surface area contributed by atoms with Crippen molar-refractivity contribution in [3.8, 4) is 23.0 Å². The van der Waals surface area contributed by atoms with Gasteiger partial charge in [-0.25, -0.2) is 19.9 Å². The highest BCUT2D eigenvalue weighted by Crippen LogP contribution is 2.33. The molecule has 117 heavy (non-hydrogen) atoms. The summed E-state index contributed by atoms with van der Waals surface area (Å²) in [7, 11) is 25.3. The molecule has 7 N–H and O–H groups in total. The van der Waals surface area contributed by atoms with Crippen molar-refractivity contribution in [2.24, 2.45) is 17.8 Å². The van der Waals surface area contributed by atoms with Gasteiger partial charge in [0.15, 0.2) is 0 Å². The number of hydrogen-bond donors (Lipinski definition) is 6. The average Bonchev–Trinajstić information content (AvgIpc) is 1.63. The number of nitrogens with two attached hydrogens (primary N) is 1. The van der Waals surface area contributed by atoms with Gasteiger partial charge in [-0.15, -0.1) is 0 Å². The molecule has 4 aromatic heterocycles. The monoisotopic (exact) mass is 1600 g/mol. The zero-order chi connectivity index (χ0) is 82.0. The smallest absolute Gasteiger partial charge is 0.203 e. The van der Waals surface area contributed by atoms with Crippen molar-refractivity contribution in [2.45, 2.75) is 109 Å². The van der Waals surface area contributed by atoms with E-state index in [1.54, 1.807) is 0 Å². The molecule has 0 spiro atoms. The fourth-order valence-electron chi connectivity index (χ4n) is 16.7. The van der Waals surface area contributed by atoms with Crippen LogP contribution in [0, 0.1) is 17.8 Å². The van der Waals surface area contributed by atoms with Crippen LogP contribution in [0.3, 0.4) is 0 Å². The van der Waals surface area contributed by atoms with Gasteiger partial charge in [0, 0.05) is 146 Å². The molecule has 26 heteroatoms. The molecule has 636 valence electrons. The zero-order valence-electron chi connectivity index (χ0n) is 72.5. The Morgan fingerprint density at radius 3 is 1.05 bits per heavy atom. The molecular formula is C91H138N22O4. The van der Waals surface area contributed by atoms with Crippen LogP contribution in [0.5, 0.6) is 23.0 Å². The number of aromatic nitrogens is 8. The second-order valence-corrected chi connectivity index (χ2v) is 34.4. The van der Waals surface area contributed by atoms with Gasteiger partial charge in [-0.2, -0.15) is 0 Å². The third-order valence-corrected chi connectivity index (χ3v) is 22.5. The maximum Gasteiger partial charge on any atom is 0.203 e. The molecule has 0 saturated carbocycles. The average molecular weight is 1600 g/mol. The van der Waals surface area contributed by atoms with Crippen molar-refractivity contribution in [2.75, 3.05) is 231 Å². The lowest BCUT2D eigenvalue weighted by molar-refractivity contribution is 0.189. The molecule has 26 nitrogen and oxygen atoms in total. The Balaban J connectivity index is 0.000000146. The summed E-state index contributed by atoms with van der Waals surface area (Å²) >= 11 is 0. The first-order valence-electron chi connectivity index (χ1n) is 43.1. The number of benzene rings is 6. The molecule has 5 aliphatic heterocycles. The first-order valence-corrected chi connectivity index (χ1v) is 43.1. The lowest BCUT2D eigenvalue weighted by Crippen LogP contribution is -2.42.